The fourth-order valence-corrected chi connectivity index (χ4v) is 4.78. The third-order valence-electron chi connectivity index (χ3n) is 4.45. The summed E-state index contributed by atoms with van der Waals surface area (Å²) in [6.07, 6.45) is 0.794. The van der Waals surface area contributed by atoms with Crippen LogP contribution in [0.3, 0.4) is 0 Å². The van der Waals surface area contributed by atoms with Crippen LogP contribution in [-0.2, 0) is 17.8 Å². The van der Waals surface area contributed by atoms with Crippen molar-refractivity contribution in [3.8, 4) is 10.6 Å². The lowest BCUT2D eigenvalue weighted by molar-refractivity contribution is 0.102. The van der Waals surface area contributed by atoms with Gasteiger partial charge >= 0.3 is 0 Å². The van der Waals surface area contributed by atoms with Gasteiger partial charge in [-0.2, -0.15) is 0 Å². The molecule has 27 heavy (non-hydrogen) atoms. The number of fused-ring (bicyclic) bond motifs is 2. The number of para-hydroxylation sites is 1. The van der Waals surface area contributed by atoms with Gasteiger partial charge in [-0.15, -0.1) is 11.3 Å². The predicted octanol–water partition coefficient (Wildman–Crippen LogP) is 4.74. The summed E-state index contributed by atoms with van der Waals surface area (Å²) in [6, 6.07) is 13.6. The van der Waals surface area contributed by atoms with E-state index in [4.69, 9.17) is 9.72 Å². The first-order valence-corrected chi connectivity index (χ1v) is 10.3. The second-order valence-corrected chi connectivity index (χ2v) is 8.23. The Bertz CT molecular complexity index is 1110. The number of anilines is 1. The number of carbonyl (C=O) groups excluding carboxylic acids is 1. The third-order valence-corrected chi connectivity index (χ3v) is 6.33. The number of thiazole rings is 1. The number of pyridine rings is 1. The fraction of sp³-hybridized carbons (Fsp3) is 0.150. The summed E-state index contributed by atoms with van der Waals surface area (Å²) in [7, 11) is 0. The van der Waals surface area contributed by atoms with E-state index in [0.717, 1.165) is 38.5 Å². The van der Waals surface area contributed by atoms with Gasteiger partial charge in [0.25, 0.3) is 5.91 Å². The SMILES string of the molecule is O=C(Nc1nc2c(s1)COCC2)c1cc(-c2cccs2)nc2ccccc12. The van der Waals surface area contributed by atoms with Crippen LogP contribution in [0.4, 0.5) is 5.13 Å². The van der Waals surface area contributed by atoms with Gasteiger partial charge in [0.2, 0.25) is 0 Å². The zero-order chi connectivity index (χ0) is 18.2. The van der Waals surface area contributed by atoms with E-state index in [9.17, 15) is 4.79 Å². The zero-order valence-electron chi connectivity index (χ0n) is 14.3. The summed E-state index contributed by atoms with van der Waals surface area (Å²) in [5, 5.41) is 6.43. The fourth-order valence-electron chi connectivity index (χ4n) is 3.16. The highest BCUT2D eigenvalue weighted by atomic mass is 32.1. The first kappa shape index (κ1) is 16.6. The molecule has 5 rings (SSSR count). The second-order valence-electron chi connectivity index (χ2n) is 6.20. The van der Waals surface area contributed by atoms with Gasteiger partial charge in [-0.1, -0.05) is 35.6 Å². The minimum absolute atomic E-state index is 0.168. The van der Waals surface area contributed by atoms with E-state index in [-0.39, 0.29) is 5.91 Å². The maximum absolute atomic E-state index is 13.1. The van der Waals surface area contributed by atoms with Crippen LogP contribution in [0.2, 0.25) is 0 Å². The summed E-state index contributed by atoms with van der Waals surface area (Å²) < 4.78 is 5.46. The van der Waals surface area contributed by atoms with Crippen LogP contribution in [0.25, 0.3) is 21.5 Å². The van der Waals surface area contributed by atoms with Crippen LogP contribution in [0.5, 0.6) is 0 Å². The third kappa shape index (κ3) is 3.14. The summed E-state index contributed by atoms with van der Waals surface area (Å²) in [6.45, 7) is 1.26. The molecule has 1 aromatic carbocycles. The molecule has 0 bridgehead atoms. The van der Waals surface area contributed by atoms with Crippen molar-refractivity contribution < 1.29 is 9.53 Å². The van der Waals surface area contributed by atoms with Gasteiger partial charge < -0.3 is 4.74 Å². The first-order valence-electron chi connectivity index (χ1n) is 8.59. The predicted molar refractivity (Wildman–Crippen MR) is 108 cm³/mol. The van der Waals surface area contributed by atoms with Crippen LogP contribution in [0.1, 0.15) is 20.9 Å². The van der Waals surface area contributed by atoms with Crippen molar-refractivity contribution in [3.05, 3.63) is 64.0 Å². The molecule has 0 saturated heterocycles. The standard InChI is InChI=1S/C20H15N3O2S2/c24-19(23-20-22-15-7-8-25-11-18(15)27-20)13-10-16(17-6-3-9-26-17)21-14-5-2-1-4-12(13)14/h1-6,9-10H,7-8,11H2,(H,22,23,24). The van der Waals surface area contributed by atoms with Gasteiger partial charge in [-0.25, -0.2) is 9.97 Å². The minimum atomic E-state index is -0.168. The number of hydrogen-bond donors (Lipinski definition) is 1. The van der Waals surface area contributed by atoms with E-state index < -0.39 is 0 Å². The van der Waals surface area contributed by atoms with Crippen molar-refractivity contribution in [3.63, 3.8) is 0 Å². The number of hydrogen-bond acceptors (Lipinski definition) is 6. The van der Waals surface area contributed by atoms with Crippen LogP contribution < -0.4 is 5.32 Å². The number of carbonyl (C=O) groups is 1. The molecule has 4 aromatic rings. The summed E-state index contributed by atoms with van der Waals surface area (Å²) >= 11 is 3.09. The van der Waals surface area contributed by atoms with Crippen molar-refractivity contribution in [1.29, 1.82) is 0 Å². The van der Waals surface area contributed by atoms with Gasteiger partial charge in [0.05, 0.1) is 45.4 Å². The summed E-state index contributed by atoms with van der Waals surface area (Å²) in [5.74, 6) is -0.168. The van der Waals surface area contributed by atoms with E-state index in [1.807, 2.05) is 47.8 Å². The quantitative estimate of drug-likeness (QED) is 0.546. The number of nitrogens with one attached hydrogen (secondary N) is 1. The van der Waals surface area contributed by atoms with E-state index in [1.54, 1.807) is 11.3 Å². The van der Waals surface area contributed by atoms with Crippen molar-refractivity contribution >= 4 is 44.6 Å². The van der Waals surface area contributed by atoms with Crippen LogP contribution in [0, 0.1) is 0 Å². The van der Waals surface area contributed by atoms with Crippen LogP contribution in [-0.4, -0.2) is 22.5 Å². The molecule has 5 nitrogen and oxygen atoms in total. The molecule has 0 radical (unpaired) electrons. The molecule has 0 fully saturated rings. The molecule has 1 aliphatic rings. The molecule has 4 heterocycles. The Kier molecular flexibility index (Phi) is 4.20. The number of ether oxygens (including phenoxy) is 1. The van der Waals surface area contributed by atoms with Crippen molar-refractivity contribution in [2.45, 2.75) is 13.0 Å². The van der Waals surface area contributed by atoms with E-state index in [1.165, 1.54) is 11.3 Å². The summed E-state index contributed by atoms with van der Waals surface area (Å²) in [4.78, 5) is 24.5. The normalized spacial score (nSPS) is 13.5. The largest absolute Gasteiger partial charge is 0.375 e. The molecule has 7 heteroatoms. The molecule has 134 valence electrons. The number of benzene rings is 1. The number of rotatable bonds is 3. The van der Waals surface area contributed by atoms with E-state index >= 15 is 0 Å². The molecule has 0 unspecified atom stereocenters. The lowest BCUT2D eigenvalue weighted by Gasteiger charge is -2.08. The van der Waals surface area contributed by atoms with Gasteiger partial charge in [0.1, 0.15) is 0 Å². The van der Waals surface area contributed by atoms with Crippen molar-refractivity contribution in [1.82, 2.24) is 9.97 Å². The van der Waals surface area contributed by atoms with E-state index in [0.29, 0.717) is 23.9 Å². The molecule has 1 N–H and O–H groups in total. The number of thiophene rings is 1. The Hall–Kier alpha value is -2.61. The average molecular weight is 393 g/mol. The maximum Gasteiger partial charge on any atom is 0.258 e. The molecule has 1 amide bonds. The van der Waals surface area contributed by atoms with Crippen LogP contribution >= 0.6 is 22.7 Å². The molecule has 0 aliphatic carbocycles. The van der Waals surface area contributed by atoms with Crippen molar-refractivity contribution in [2.75, 3.05) is 11.9 Å². The average Bonchev–Trinajstić information content (AvgIpc) is 3.36. The molecular weight excluding hydrogens is 378 g/mol. The van der Waals surface area contributed by atoms with Crippen LogP contribution in [0.15, 0.2) is 47.8 Å². The molecule has 1 aliphatic heterocycles. The second kappa shape index (κ2) is 6.84. The highest BCUT2D eigenvalue weighted by Crippen LogP contribution is 2.30. The lowest BCUT2D eigenvalue weighted by Crippen LogP contribution is -2.13. The van der Waals surface area contributed by atoms with Gasteiger partial charge in [0, 0.05) is 11.8 Å². The van der Waals surface area contributed by atoms with Gasteiger partial charge in [-0.3, -0.25) is 10.1 Å². The highest BCUT2D eigenvalue weighted by molar-refractivity contribution is 7.16. The Morgan fingerprint density at radius 2 is 2.07 bits per heavy atom. The first-order chi connectivity index (χ1) is 13.3. The topological polar surface area (TPSA) is 64.1 Å². The monoisotopic (exact) mass is 393 g/mol. The molecule has 3 aromatic heterocycles. The Labute approximate surface area is 163 Å². The molecular formula is C20H15N3O2S2. The maximum atomic E-state index is 13.1. The number of amides is 1. The molecule has 0 atom stereocenters. The smallest absolute Gasteiger partial charge is 0.258 e. The number of nitrogens with zero attached hydrogens (tertiary/aromatic N) is 2. The van der Waals surface area contributed by atoms with Crippen molar-refractivity contribution in [2.24, 2.45) is 0 Å². The number of aromatic nitrogens is 2. The molecule has 0 saturated carbocycles. The molecule has 0 spiro atoms. The van der Waals surface area contributed by atoms with Gasteiger partial charge in [0.15, 0.2) is 5.13 Å². The summed E-state index contributed by atoms with van der Waals surface area (Å²) in [5.41, 5.74) is 3.25. The zero-order valence-corrected chi connectivity index (χ0v) is 15.9. The highest BCUT2D eigenvalue weighted by Gasteiger charge is 2.19. The Morgan fingerprint density at radius 3 is 2.93 bits per heavy atom. The lowest BCUT2D eigenvalue weighted by atomic mass is 10.1. The van der Waals surface area contributed by atoms with E-state index in [2.05, 4.69) is 10.3 Å². The Balaban J connectivity index is 1.54. The Morgan fingerprint density at radius 1 is 1.15 bits per heavy atom. The van der Waals surface area contributed by atoms with Gasteiger partial charge in [-0.05, 0) is 23.6 Å². The minimum Gasteiger partial charge on any atom is -0.375 e.